The summed E-state index contributed by atoms with van der Waals surface area (Å²) in [7, 11) is 0. The van der Waals surface area contributed by atoms with Crippen LogP contribution in [0.25, 0.3) is 11.0 Å². The molecule has 0 radical (unpaired) electrons. The molecule has 1 aromatic heterocycles. The fraction of sp³-hybridized carbons (Fsp3) is 0.192. The van der Waals surface area contributed by atoms with E-state index in [1.165, 1.54) is 0 Å². The van der Waals surface area contributed by atoms with Gasteiger partial charge in [-0.2, -0.15) is 0 Å². The minimum atomic E-state index is -0.387. The Hall–Kier alpha value is -3.93. The van der Waals surface area contributed by atoms with Gasteiger partial charge in [0, 0.05) is 11.3 Å². The number of carbonyl (C=O) groups is 2. The van der Waals surface area contributed by atoms with E-state index in [-0.39, 0.29) is 24.4 Å². The van der Waals surface area contributed by atoms with E-state index in [9.17, 15) is 9.59 Å². The zero-order chi connectivity index (χ0) is 22.7. The van der Waals surface area contributed by atoms with Gasteiger partial charge in [0.25, 0.3) is 5.91 Å². The Morgan fingerprint density at radius 1 is 0.969 bits per heavy atom. The third-order valence-electron chi connectivity index (χ3n) is 5.42. The molecule has 0 aliphatic rings. The second-order valence-corrected chi connectivity index (χ2v) is 7.97. The van der Waals surface area contributed by atoms with E-state index in [0.717, 1.165) is 27.8 Å². The highest BCUT2D eigenvalue weighted by Crippen LogP contribution is 2.22. The molecule has 0 spiro atoms. The molecule has 1 atom stereocenters. The molecule has 2 amide bonds. The minimum absolute atomic E-state index is 0.0921. The van der Waals surface area contributed by atoms with Gasteiger partial charge in [0.05, 0.1) is 17.1 Å². The monoisotopic (exact) mass is 426 g/mol. The van der Waals surface area contributed by atoms with E-state index < -0.39 is 0 Å². The van der Waals surface area contributed by atoms with Gasteiger partial charge >= 0.3 is 0 Å². The van der Waals surface area contributed by atoms with Gasteiger partial charge in [-0.25, -0.2) is 4.98 Å². The highest BCUT2D eigenvalue weighted by atomic mass is 16.2. The Labute approximate surface area is 187 Å². The highest BCUT2D eigenvalue weighted by molar-refractivity contribution is 5.95. The topological polar surface area (TPSA) is 76.0 Å². The van der Waals surface area contributed by atoms with E-state index in [2.05, 4.69) is 10.6 Å². The lowest BCUT2D eigenvalue weighted by atomic mass is 10.1. The molecule has 4 rings (SSSR count). The van der Waals surface area contributed by atoms with E-state index >= 15 is 0 Å². The molecule has 0 saturated carbocycles. The molecule has 0 bridgehead atoms. The van der Waals surface area contributed by atoms with Crippen molar-refractivity contribution < 1.29 is 9.59 Å². The molecule has 162 valence electrons. The fourth-order valence-corrected chi connectivity index (χ4v) is 3.77. The van der Waals surface area contributed by atoms with E-state index in [1.54, 1.807) is 6.07 Å². The number of nitrogens with one attached hydrogen (secondary N) is 2. The summed E-state index contributed by atoms with van der Waals surface area (Å²) in [6, 6.07) is 22.4. The minimum Gasteiger partial charge on any atom is -0.342 e. The first-order valence-corrected chi connectivity index (χ1v) is 10.6. The Kier molecular flexibility index (Phi) is 6.03. The van der Waals surface area contributed by atoms with Crippen molar-refractivity contribution in [1.29, 1.82) is 0 Å². The third-order valence-corrected chi connectivity index (χ3v) is 5.42. The van der Waals surface area contributed by atoms with Crippen LogP contribution in [0, 0.1) is 13.8 Å². The van der Waals surface area contributed by atoms with Gasteiger partial charge in [0.15, 0.2) is 0 Å². The number of para-hydroxylation sites is 3. The van der Waals surface area contributed by atoms with Crippen LogP contribution in [-0.4, -0.2) is 21.4 Å². The lowest BCUT2D eigenvalue weighted by molar-refractivity contribution is -0.116. The first-order valence-electron chi connectivity index (χ1n) is 10.6. The smallest absolute Gasteiger partial charge is 0.251 e. The van der Waals surface area contributed by atoms with E-state index in [1.807, 2.05) is 92.1 Å². The van der Waals surface area contributed by atoms with Crippen molar-refractivity contribution in [2.45, 2.75) is 33.4 Å². The van der Waals surface area contributed by atoms with Crippen LogP contribution in [0.1, 0.15) is 40.3 Å². The second-order valence-electron chi connectivity index (χ2n) is 7.97. The van der Waals surface area contributed by atoms with Gasteiger partial charge in [0.1, 0.15) is 12.4 Å². The third kappa shape index (κ3) is 4.54. The van der Waals surface area contributed by atoms with Crippen molar-refractivity contribution in [2.75, 3.05) is 5.32 Å². The van der Waals surface area contributed by atoms with Crippen LogP contribution in [0.4, 0.5) is 5.69 Å². The number of aromatic nitrogens is 2. The first-order chi connectivity index (χ1) is 15.4. The van der Waals surface area contributed by atoms with Crippen LogP contribution >= 0.6 is 0 Å². The Morgan fingerprint density at radius 3 is 2.50 bits per heavy atom. The van der Waals surface area contributed by atoms with Crippen LogP contribution in [0.15, 0.2) is 72.8 Å². The van der Waals surface area contributed by atoms with Crippen molar-refractivity contribution in [3.8, 4) is 0 Å². The van der Waals surface area contributed by atoms with Crippen LogP contribution < -0.4 is 10.6 Å². The molecule has 0 aliphatic carbocycles. The summed E-state index contributed by atoms with van der Waals surface area (Å²) in [5.41, 5.74) is 5.02. The normalized spacial score (nSPS) is 11.8. The maximum absolute atomic E-state index is 12.9. The summed E-state index contributed by atoms with van der Waals surface area (Å²) in [5.74, 6) is 0.303. The predicted molar refractivity (Wildman–Crippen MR) is 127 cm³/mol. The molecular formula is C26H26N4O2. The van der Waals surface area contributed by atoms with Crippen molar-refractivity contribution in [3.63, 3.8) is 0 Å². The molecule has 2 N–H and O–H groups in total. The zero-order valence-electron chi connectivity index (χ0n) is 18.4. The second kappa shape index (κ2) is 9.06. The van der Waals surface area contributed by atoms with Crippen LogP contribution in [0.2, 0.25) is 0 Å². The molecule has 32 heavy (non-hydrogen) atoms. The quantitative estimate of drug-likeness (QED) is 0.466. The molecular weight excluding hydrogens is 400 g/mol. The van der Waals surface area contributed by atoms with Crippen molar-refractivity contribution in [2.24, 2.45) is 0 Å². The largest absolute Gasteiger partial charge is 0.342 e. The van der Waals surface area contributed by atoms with Gasteiger partial charge < -0.3 is 15.2 Å². The summed E-state index contributed by atoms with van der Waals surface area (Å²) >= 11 is 0. The highest BCUT2D eigenvalue weighted by Gasteiger charge is 2.21. The Bertz CT molecular complexity index is 1290. The van der Waals surface area contributed by atoms with Gasteiger partial charge in [-0.05, 0) is 56.7 Å². The molecule has 1 unspecified atom stereocenters. The molecule has 6 heteroatoms. The Morgan fingerprint density at radius 2 is 1.72 bits per heavy atom. The molecule has 0 fully saturated rings. The van der Waals surface area contributed by atoms with Gasteiger partial charge in [0.2, 0.25) is 5.91 Å². The van der Waals surface area contributed by atoms with Crippen molar-refractivity contribution in [1.82, 2.24) is 14.9 Å². The fourth-order valence-electron chi connectivity index (χ4n) is 3.77. The zero-order valence-corrected chi connectivity index (χ0v) is 18.4. The molecule has 6 nitrogen and oxygen atoms in total. The number of amides is 2. The maximum atomic E-state index is 12.9. The number of imidazole rings is 1. The summed E-state index contributed by atoms with van der Waals surface area (Å²) in [5, 5.41) is 6.00. The van der Waals surface area contributed by atoms with Gasteiger partial charge in [-0.3, -0.25) is 9.59 Å². The number of hydrogen-bond acceptors (Lipinski definition) is 3. The van der Waals surface area contributed by atoms with Crippen molar-refractivity contribution >= 4 is 28.5 Å². The number of benzene rings is 3. The number of carbonyl (C=O) groups excluding carboxylic acids is 2. The van der Waals surface area contributed by atoms with Gasteiger partial charge in [-0.15, -0.1) is 0 Å². The number of fused-ring (bicyclic) bond motifs is 1. The Balaban J connectivity index is 1.60. The van der Waals surface area contributed by atoms with Crippen molar-refractivity contribution in [3.05, 3.63) is 95.3 Å². The first kappa shape index (κ1) is 21.3. The maximum Gasteiger partial charge on any atom is 0.251 e. The molecule has 0 saturated heterocycles. The number of nitrogens with zero attached hydrogens (tertiary/aromatic N) is 2. The molecule has 4 aromatic rings. The number of hydrogen-bond donors (Lipinski definition) is 2. The SMILES string of the molecule is Cc1cccc(C(=O)NC(C)c2nc3ccccc3n2CC(=O)Nc2ccccc2C)c1. The summed E-state index contributed by atoms with van der Waals surface area (Å²) < 4.78 is 1.87. The average Bonchev–Trinajstić information content (AvgIpc) is 3.14. The van der Waals surface area contributed by atoms with Crippen LogP contribution in [0.5, 0.6) is 0 Å². The summed E-state index contributed by atoms with van der Waals surface area (Å²) in [4.78, 5) is 30.4. The van der Waals surface area contributed by atoms with Crippen LogP contribution in [0.3, 0.4) is 0 Å². The lowest BCUT2D eigenvalue weighted by Crippen LogP contribution is -2.30. The van der Waals surface area contributed by atoms with E-state index in [4.69, 9.17) is 4.98 Å². The summed E-state index contributed by atoms with van der Waals surface area (Å²) in [6.45, 7) is 5.88. The molecule has 3 aromatic carbocycles. The van der Waals surface area contributed by atoms with Gasteiger partial charge in [-0.1, -0.05) is 48.0 Å². The predicted octanol–water partition coefficient (Wildman–Crippen LogP) is 4.78. The standard InChI is InChI=1S/C26H26N4O2/c1-17-9-8-11-20(15-17)26(32)27-19(3)25-29-22-13-6-7-14-23(22)30(25)16-24(31)28-21-12-5-4-10-18(21)2/h4-15,19H,16H2,1-3H3,(H,27,32)(H,28,31). The summed E-state index contributed by atoms with van der Waals surface area (Å²) in [6.07, 6.45) is 0. The molecule has 1 heterocycles. The number of rotatable bonds is 6. The van der Waals surface area contributed by atoms with E-state index in [0.29, 0.717) is 11.4 Å². The lowest BCUT2D eigenvalue weighted by Gasteiger charge is -2.17. The van der Waals surface area contributed by atoms with Crippen LogP contribution in [-0.2, 0) is 11.3 Å². The molecule has 0 aliphatic heterocycles. The number of anilines is 1. The number of aryl methyl sites for hydroxylation is 2. The average molecular weight is 427 g/mol.